The summed E-state index contributed by atoms with van der Waals surface area (Å²) in [5.74, 6) is -2.81. The van der Waals surface area contributed by atoms with E-state index < -0.39 is 60.1 Å². The number of aryl methyl sites for hydroxylation is 2. The molecule has 16 heteroatoms. The van der Waals surface area contributed by atoms with Gasteiger partial charge in [0.25, 0.3) is 0 Å². The van der Waals surface area contributed by atoms with Crippen LogP contribution in [0, 0.1) is 13.8 Å². The number of alkyl halides is 6. The van der Waals surface area contributed by atoms with Gasteiger partial charge in [0.15, 0.2) is 12.5 Å². The molecule has 0 radical (unpaired) electrons. The normalized spacial score (nSPS) is 14.2. The summed E-state index contributed by atoms with van der Waals surface area (Å²) in [5.41, 5.74) is -0.211. The zero-order chi connectivity index (χ0) is 41.8. The summed E-state index contributed by atoms with van der Waals surface area (Å²) >= 11 is 2.61. The first kappa shape index (κ1) is 42.4. The van der Waals surface area contributed by atoms with Crippen molar-refractivity contribution < 1.29 is 54.9 Å². The Kier molecular flexibility index (Phi) is 13.0. The third kappa shape index (κ3) is 9.92. The summed E-state index contributed by atoms with van der Waals surface area (Å²) in [6.07, 6.45) is -13.7. The minimum atomic E-state index is -4.65. The molecule has 0 bridgehead atoms. The van der Waals surface area contributed by atoms with Crippen LogP contribution >= 0.6 is 22.7 Å². The molecule has 4 unspecified atom stereocenters. The van der Waals surface area contributed by atoms with Gasteiger partial charge in [-0.25, -0.2) is 9.59 Å². The highest BCUT2D eigenvalue weighted by atomic mass is 32.1. The number of carbonyl (C=O) groups excluding carboxylic acids is 2. The first-order valence-corrected chi connectivity index (χ1v) is 19.7. The minimum Gasteiger partial charge on any atom is -0.484 e. The fraction of sp³-hybridized carbons (Fsp3) is 0.286. The first-order chi connectivity index (χ1) is 27.5. The van der Waals surface area contributed by atoms with E-state index in [0.717, 1.165) is 35.4 Å². The van der Waals surface area contributed by atoms with Crippen molar-refractivity contribution in [2.75, 3.05) is 14.1 Å². The number of hydrogen-bond donors (Lipinski definition) is 2. The van der Waals surface area contributed by atoms with Gasteiger partial charge in [-0.1, -0.05) is 48.5 Å². The van der Waals surface area contributed by atoms with E-state index >= 15 is 0 Å². The average Bonchev–Trinajstić information content (AvgIpc) is 3.82. The standard InChI is InChI=1S/C42H38F6N2O6S2/c1-23-13-15-57-37(23)33(53-31-19-27(41(43,44)45)17-25-9-5-7-11-29(25)31)21-35(49-3)55-39(51)40(52)56-36(50-4)22-34(38-24(2)14-16-58-38)54-32-20-28(42(46,47)48)18-26-10-6-8-12-30(26)32/h5-20,33-36,49-50H,21-22H2,1-4H3. The van der Waals surface area contributed by atoms with Crippen molar-refractivity contribution in [3.05, 3.63) is 128 Å². The van der Waals surface area contributed by atoms with Crippen LogP contribution in [-0.2, 0) is 31.4 Å². The van der Waals surface area contributed by atoms with Crippen molar-refractivity contribution in [1.82, 2.24) is 10.6 Å². The molecule has 2 N–H and O–H groups in total. The Bertz CT molecular complexity index is 2230. The van der Waals surface area contributed by atoms with Gasteiger partial charge >= 0.3 is 24.3 Å². The third-order valence-corrected chi connectivity index (χ3v) is 11.6. The van der Waals surface area contributed by atoms with Crippen LogP contribution in [0.5, 0.6) is 11.5 Å². The molecule has 306 valence electrons. The zero-order valence-electron chi connectivity index (χ0n) is 31.5. The molecule has 0 aliphatic rings. The Morgan fingerprint density at radius 3 is 1.31 bits per heavy atom. The van der Waals surface area contributed by atoms with Crippen LogP contribution in [0.4, 0.5) is 26.3 Å². The fourth-order valence-corrected chi connectivity index (χ4v) is 8.36. The summed E-state index contributed by atoms with van der Waals surface area (Å²) in [6.45, 7) is 3.62. The second-order valence-electron chi connectivity index (χ2n) is 13.4. The fourth-order valence-electron chi connectivity index (χ4n) is 6.42. The Morgan fingerprint density at radius 2 is 0.983 bits per heavy atom. The topological polar surface area (TPSA) is 95.1 Å². The van der Waals surface area contributed by atoms with Gasteiger partial charge in [0, 0.05) is 33.4 Å². The second kappa shape index (κ2) is 17.8. The number of esters is 2. The maximum atomic E-state index is 13.9. The molecule has 0 saturated carbocycles. The summed E-state index contributed by atoms with van der Waals surface area (Å²) in [4.78, 5) is 27.9. The van der Waals surface area contributed by atoms with E-state index in [0.29, 0.717) is 31.3 Å². The van der Waals surface area contributed by atoms with Gasteiger partial charge in [-0.3, -0.25) is 10.6 Å². The lowest BCUT2D eigenvalue weighted by Gasteiger charge is -2.26. The molecule has 0 fully saturated rings. The molecule has 4 aromatic carbocycles. The largest absolute Gasteiger partial charge is 0.484 e. The number of halogens is 6. The van der Waals surface area contributed by atoms with Gasteiger partial charge in [0.1, 0.15) is 23.7 Å². The van der Waals surface area contributed by atoms with Crippen molar-refractivity contribution >= 4 is 56.2 Å². The maximum Gasteiger partial charge on any atom is 0.419 e. The van der Waals surface area contributed by atoms with Crippen LogP contribution in [0.1, 0.15) is 57.1 Å². The highest BCUT2D eigenvalue weighted by Gasteiger charge is 2.35. The predicted molar refractivity (Wildman–Crippen MR) is 210 cm³/mol. The molecule has 2 aromatic heterocycles. The van der Waals surface area contributed by atoms with Gasteiger partial charge in [-0.05, 0) is 97.0 Å². The number of hydrogen-bond acceptors (Lipinski definition) is 10. The monoisotopic (exact) mass is 844 g/mol. The van der Waals surface area contributed by atoms with Crippen LogP contribution < -0.4 is 20.1 Å². The number of benzene rings is 4. The number of fused-ring (bicyclic) bond motifs is 2. The van der Waals surface area contributed by atoms with Crippen LogP contribution in [0.25, 0.3) is 21.5 Å². The molecule has 0 aliphatic carbocycles. The molecule has 2 heterocycles. The van der Waals surface area contributed by atoms with E-state index in [1.807, 2.05) is 26.0 Å². The van der Waals surface area contributed by atoms with Gasteiger partial charge in [0.2, 0.25) is 0 Å². The molecular weight excluding hydrogens is 807 g/mol. The summed E-state index contributed by atoms with van der Waals surface area (Å²) < 4.78 is 107. The van der Waals surface area contributed by atoms with Crippen molar-refractivity contribution in [1.29, 1.82) is 0 Å². The quantitative estimate of drug-likeness (QED) is 0.0485. The molecule has 58 heavy (non-hydrogen) atoms. The van der Waals surface area contributed by atoms with Gasteiger partial charge in [-0.15, -0.1) is 22.7 Å². The third-order valence-electron chi connectivity index (χ3n) is 9.39. The number of thiophene rings is 2. The van der Waals surface area contributed by atoms with E-state index in [2.05, 4.69) is 10.6 Å². The van der Waals surface area contributed by atoms with Gasteiger partial charge in [0.05, 0.1) is 11.1 Å². The molecule has 0 aliphatic heterocycles. The van der Waals surface area contributed by atoms with E-state index in [1.165, 1.54) is 36.8 Å². The first-order valence-electron chi connectivity index (χ1n) is 17.9. The Labute approximate surface area is 337 Å². The lowest BCUT2D eigenvalue weighted by molar-refractivity contribution is -0.177. The summed E-state index contributed by atoms with van der Waals surface area (Å²) in [7, 11) is 2.95. The molecule has 4 atom stereocenters. The van der Waals surface area contributed by atoms with Crippen molar-refractivity contribution in [2.24, 2.45) is 0 Å². The van der Waals surface area contributed by atoms with Gasteiger partial charge in [-0.2, -0.15) is 26.3 Å². The number of carbonyl (C=O) groups is 2. The Morgan fingerprint density at radius 1 is 0.603 bits per heavy atom. The maximum absolute atomic E-state index is 13.9. The number of ether oxygens (including phenoxy) is 4. The molecule has 0 saturated heterocycles. The lowest BCUT2D eigenvalue weighted by Crippen LogP contribution is -2.40. The minimum absolute atomic E-state index is 0.0310. The van der Waals surface area contributed by atoms with Crippen molar-refractivity contribution in [2.45, 2.75) is 63.7 Å². The van der Waals surface area contributed by atoms with E-state index in [1.54, 1.807) is 59.3 Å². The predicted octanol–water partition coefficient (Wildman–Crippen LogP) is 10.7. The lowest BCUT2D eigenvalue weighted by atomic mass is 10.0. The van der Waals surface area contributed by atoms with Gasteiger partial charge < -0.3 is 18.9 Å². The average molecular weight is 845 g/mol. The summed E-state index contributed by atoms with van der Waals surface area (Å²) in [5, 5.41) is 10.7. The summed E-state index contributed by atoms with van der Waals surface area (Å²) in [6, 6.07) is 20.6. The van der Waals surface area contributed by atoms with E-state index in [4.69, 9.17) is 18.9 Å². The van der Waals surface area contributed by atoms with E-state index in [-0.39, 0.29) is 24.3 Å². The molecule has 8 nitrogen and oxygen atoms in total. The highest BCUT2D eigenvalue weighted by Crippen LogP contribution is 2.42. The van der Waals surface area contributed by atoms with E-state index in [9.17, 15) is 35.9 Å². The van der Waals surface area contributed by atoms with Crippen LogP contribution in [0.2, 0.25) is 0 Å². The van der Waals surface area contributed by atoms with Crippen molar-refractivity contribution in [3.8, 4) is 11.5 Å². The number of rotatable bonds is 14. The molecule has 0 spiro atoms. The Balaban J connectivity index is 1.20. The highest BCUT2D eigenvalue weighted by molar-refractivity contribution is 7.10. The molecule has 6 rings (SSSR count). The van der Waals surface area contributed by atoms with Crippen LogP contribution in [0.3, 0.4) is 0 Å². The SMILES string of the molecule is CNC(CC(Oc1cc(C(F)(F)F)cc2ccccc12)c1sccc1C)OC(=O)C(=O)OC(CC(Oc1cc(C(F)(F)F)cc2ccccc12)c1sccc1C)NC. The molecule has 0 amide bonds. The Hall–Kier alpha value is -5.16. The molecule has 6 aromatic rings. The molecular formula is C42H38F6N2O6S2. The second-order valence-corrected chi connectivity index (χ2v) is 15.3. The zero-order valence-corrected chi connectivity index (χ0v) is 33.1. The van der Waals surface area contributed by atoms with Crippen molar-refractivity contribution in [3.63, 3.8) is 0 Å². The van der Waals surface area contributed by atoms with Crippen LogP contribution in [0.15, 0.2) is 95.7 Å². The number of nitrogens with one attached hydrogen (secondary N) is 2. The van der Waals surface area contributed by atoms with Crippen LogP contribution in [-0.4, -0.2) is 38.5 Å². The smallest absolute Gasteiger partial charge is 0.419 e.